The van der Waals surface area contributed by atoms with Crippen LogP contribution >= 0.6 is 11.6 Å². The number of anilines is 1. The molecule has 4 heteroatoms. The lowest BCUT2D eigenvalue weighted by Gasteiger charge is -2.07. The standard InChI is InChI=1S/C16H17ClN2O/c1-12-8-14(11-18-10-12)16(20)19-15-6-2-4-13(9-15)5-3-7-17/h2,4,6,8-11H,3,5,7H2,1H3,(H,19,20). The number of halogens is 1. The fourth-order valence-corrected chi connectivity index (χ4v) is 2.09. The fraction of sp³-hybridized carbons (Fsp3) is 0.250. The highest BCUT2D eigenvalue weighted by Gasteiger charge is 2.07. The number of amides is 1. The number of aryl methyl sites for hydroxylation is 2. The van der Waals surface area contributed by atoms with Gasteiger partial charge in [-0.3, -0.25) is 9.78 Å². The first-order valence-electron chi connectivity index (χ1n) is 6.57. The Labute approximate surface area is 124 Å². The maximum atomic E-state index is 12.1. The van der Waals surface area contributed by atoms with Crippen LogP contribution in [0.5, 0.6) is 0 Å². The van der Waals surface area contributed by atoms with Gasteiger partial charge in [-0.25, -0.2) is 0 Å². The smallest absolute Gasteiger partial charge is 0.257 e. The van der Waals surface area contributed by atoms with E-state index in [9.17, 15) is 4.79 Å². The summed E-state index contributed by atoms with van der Waals surface area (Å²) in [6, 6.07) is 9.66. The highest BCUT2D eigenvalue weighted by molar-refractivity contribution is 6.17. The van der Waals surface area contributed by atoms with Gasteiger partial charge >= 0.3 is 0 Å². The third-order valence-electron chi connectivity index (χ3n) is 2.92. The Morgan fingerprint density at radius 1 is 1.30 bits per heavy atom. The number of hydrogen-bond donors (Lipinski definition) is 1. The third-order valence-corrected chi connectivity index (χ3v) is 3.19. The minimum atomic E-state index is -0.143. The van der Waals surface area contributed by atoms with Crippen LogP contribution < -0.4 is 5.32 Å². The molecule has 3 nitrogen and oxygen atoms in total. The second kappa shape index (κ2) is 7.06. The second-order valence-corrected chi connectivity index (χ2v) is 5.08. The molecule has 0 radical (unpaired) electrons. The molecule has 0 aliphatic rings. The maximum absolute atomic E-state index is 12.1. The van der Waals surface area contributed by atoms with E-state index in [1.54, 1.807) is 12.4 Å². The van der Waals surface area contributed by atoms with Crippen molar-refractivity contribution in [1.82, 2.24) is 4.98 Å². The molecule has 0 spiro atoms. The lowest BCUT2D eigenvalue weighted by Crippen LogP contribution is -2.12. The number of carbonyl (C=O) groups excluding carboxylic acids is 1. The van der Waals surface area contributed by atoms with Crippen molar-refractivity contribution in [2.24, 2.45) is 0 Å². The van der Waals surface area contributed by atoms with E-state index >= 15 is 0 Å². The Kier molecular flexibility index (Phi) is 5.13. The molecule has 0 aliphatic carbocycles. The minimum Gasteiger partial charge on any atom is -0.322 e. The molecular weight excluding hydrogens is 272 g/mol. The van der Waals surface area contributed by atoms with Gasteiger partial charge in [-0.1, -0.05) is 12.1 Å². The maximum Gasteiger partial charge on any atom is 0.257 e. The molecule has 2 rings (SSSR count). The monoisotopic (exact) mass is 288 g/mol. The fourth-order valence-electron chi connectivity index (χ4n) is 1.96. The molecule has 0 saturated heterocycles. The van der Waals surface area contributed by atoms with Gasteiger partial charge in [0.05, 0.1) is 5.56 Å². The molecule has 2 aromatic rings. The summed E-state index contributed by atoms with van der Waals surface area (Å²) in [5, 5.41) is 2.89. The quantitative estimate of drug-likeness (QED) is 0.850. The van der Waals surface area contributed by atoms with E-state index in [-0.39, 0.29) is 5.91 Å². The van der Waals surface area contributed by atoms with Crippen LogP contribution in [0.3, 0.4) is 0 Å². The van der Waals surface area contributed by atoms with Crippen LogP contribution in [-0.2, 0) is 6.42 Å². The zero-order chi connectivity index (χ0) is 14.4. The number of carbonyl (C=O) groups is 1. The van der Waals surface area contributed by atoms with Crippen LogP contribution in [0, 0.1) is 6.92 Å². The van der Waals surface area contributed by atoms with Crippen LogP contribution in [0.1, 0.15) is 27.9 Å². The number of pyridine rings is 1. The molecule has 1 amide bonds. The molecule has 0 saturated carbocycles. The molecule has 1 N–H and O–H groups in total. The number of hydrogen-bond acceptors (Lipinski definition) is 2. The van der Waals surface area contributed by atoms with Crippen molar-refractivity contribution in [2.75, 3.05) is 11.2 Å². The Bertz CT molecular complexity index is 599. The van der Waals surface area contributed by atoms with Gasteiger partial charge in [0.25, 0.3) is 5.91 Å². The molecule has 104 valence electrons. The van der Waals surface area contributed by atoms with Crippen molar-refractivity contribution >= 4 is 23.2 Å². The SMILES string of the molecule is Cc1cncc(C(=O)Nc2cccc(CCCCl)c2)c1. The van der Waals surface area contributed by atoms with Crippen LogP contribution in [-0.4, -0.2) is 16.8 Å². The Balaban J connectivity index is 2.07. The first kappa shape index (κ1) is 14.5. The lowest BCUT2D eigenvalue weighted by atomic mass is 10.1. The summed E-state index contributed by atoms with van der Waals surface area (Å²) in [4.78, 5) is 16.1. The van der Waals surface area contributed by atoms with Gasteiger partial charge in [0.1, 0.15) is 0 Å². The van der Waals surface area contributed by atoms with E-state index in [4.69, 9.17) is 11.6 Å². The number of rotatable bonds is 5. The van der Waals surface area contributed by atoms with Crippen molar-refractivity contribution in [1.29, 1.82) is 0 Å². The average Bonchev–Trinajstić information content (AvgIpc) is 2.45. The highest BCUT2D eigenvalue weighted by atomic mass is 35.5. The Morgan fingerprint density at radius 3 is 2.90 bits per heavy atom. The van der Waals surface area contributed by atoms with Crippen molar-refractivity contribution in [3.63, 3.8) is 0 Å². The number of alkyl halides is 1. The van der Waals surface area contributed by atoms with Crippen molar-refractivity contribution < 1.29 is 4.79 Å². The number of aromatic nitrogens is 1. The van der Waals surface area contributed by atoms with Gasteiger partial charge in [-0.2, -0.15) is 0 Å². The zero-order valence-corrected chi connectivity index (χ0v) is 12.2. The van der Waals surface area contributed by atoms with Crippen LogP contribution in [0.2, 0.25) is 0 Å². The molecule has 20 heavy (non-hydrogen) atoms. The summed E-state index contributed by atoms with van der Waals surface area (Å²) in [5.41, 5.74) is 3.50. The summed E-state index contributed by atoms with van der Waals surface area (Å²) in [5.74, 6) is 0.502. The summed E-state index contributed by atoms with van der Waals surface area (Å²) >= 11 is 5.69. The van der Waals surface area contributed by atoms with Crippen LogP contribution in [0.4, 0.5) is 5.69 Å². The van der Waals surface area contributed by atoms with Crippen LogP contribution in [0.25, 0.3) is 0 Å². The average molecular weight is 289 g/mol. The van der Waals surface area contributed by atoms with Gasteiger partial charge in [0, 0.05) is 24.0 Å². The number of nitrogens with one attached hydrogen (secondary N) is 1. The molecular formula is C16H17ClN2O. The normalized spacial score (nSPS) is 10.3. The van der Waals surface area contributed by atoms with Gasteiger partial charge in [0.15, 0.2) is 0 Å². The topological polar surface area (TPSA) is 42.0 Å². The Morgan fingerprint density at radius 2 is 2.15 bits per heavy atom. The van der Waals surface area contributed by atoms with Gasteiger partial charge < -0.3 is 5.32 Å². The van der Waals surface area contributed by atoms with E-state index in [0.29, 0.717) is 11.4 Å². The molecule has 1 aromatic heterocycles. The largest absolute Gasteiger partial charge is 0.322 e. The van der Waals surface area contributed by atoms with Crippen molar-refractivity contribution in [2.45, 2.75) is 19.8 Å². The first-order valence-corrected chi connectivity index (χ1v) is 7.10. The molecule has 0 unspecified atom stereocenters. The van der Waals surface area contributed by atoms with Crippen molar-refractivity contribution in [3.8, 4) is 0 Å². The minimum absolute atomic E-state index is 0.143. The highest BCUT2D eigenvalue weighted by Crippen LogP contribution is 2.14. The van der Waals surface area contributed by atoms with E-state index in [1.165, 1.54) is 5.56 Å². The first-order chi connectivity index (χ1) is 9.69. The molecule has 0 atom stereocenters. The van der Waals surface area contributed by atoms with Gasteiger partial charge in [-0.15, -0.1) is 11.6 Å². The van der Waals surface area contributed by atoms with Gasteiger partial charge in [-0.05, 0) is 49.1 Å². The third kappa shape index (κ3) is 4.07. The summed E-state index contributed by atoms with van der Waals surface area (Å²) in [6.45, 7) is 1.91. The summed E-state index contributed by atoms with van der Waals surface area (Å²) < 4.78 is 0. The molecule has 1 heterocycles. The van der Waals surface area contributed by atoms with Crippen LogP contribution in [0.15, 0.2) is 42.7 Å². The van der Waals surface area contributed by atoms with E-state index in [0.717, 1.165) is 24.1 Å². The lowest BCUT2D eigenvalue weighted by molar-refractivity contribution is 0.102. The predicted octanol–water partition coefficient (Wildman–Crippen LogP) is 3.81. The predicted molar refractivity (Wildman–Crippen MR) is 82.4 cm³/mol. The summed E-state index contributed by atoms with van der Waals surface area (Å²) in [6.07, 6.45) is 5.14. The van der Waals surface area contributed by atoms with E-state index in [2.05, 4.69) is 10.3 Å². The molecule has 0 fully saturated rings. The van der Waals surface area contributed by atoms with E-state index < -0.39 is 0 Å². The molecule has 0 aliphatic heterocycles. The molecule has 0 bridgehead atoms. The number of nitrogens with zero attached hydrogens (tertiary/aromatic N) is 1. The molecule has 1 aromatic carbocycles. The Hall–Kier alpha value is -1.87. The van der Waals surface area contributed by atoms with E-state index in [1.807, 2.05) is 37.3 Å². The number of benzene rings is 1. The summed E-state index contributed by atoms with van der Waals surface area (Å²) in [7, 11) is 0. The van der Waals surface area contributed by atoms with Gasteiger partial charge in [0.2, 0.25) is 0 Å². The second-order valence-electron chi connectivity index (χ2n) is 4.70. The zero-order valence-electron chi connectivity index (χ0n) is 11.4. The van der Waals surface area contributed by atoms with Crippen molar-refractivity contribution in [3.05, 3.63) is 59.4 Å².